The summed E-state index contributed by atoms with van der Waals surface area (Å²) in [6, 6.07) is 3.09. The minimum atomic E-state index is -1.71. The molecule has 0 radical (unpaired) electrons. The molecule has 2 N–H and O–H groups in total. The number of halogens is 1. The lowest BCUT2D eigenvalue weighted by Gasteiger charge is -2.14. The van der Waals surface area contributed by atoms with Gasteiger partial charge in [0, 0.05) is 6.07 Å². The third kappa shape index (κ3) is 2.55. The van der Waals surface area contributed by atoms with Crippen LogP contribution in [0.5, 0.6) is 0 Å². The van der Waals surface area contributed by atoms with Crippen molar-refractivity contribution in [1.29, 1.82) is 5.26 Å². The van der Waals surface area contributed by atoms with Crippen molar-refractivity contribution in [3.8, 4) is 6.07 Å². The zero-order valence-electron chi connectivity index (χ0n) is 8.79. The SMILES string of the molecule is Cc1cc([N+](=O)[O-])c(F)cc1C(O)C(O)C#N. The number of hydrogen-bond donors (Lipinski definition) is 2. The summed E-state index contributed by atoms with van der Waals surface area (Å²) < 4.78 is 13.3. The number of aliphatic hydroxyl groups is 2. The fourth-order valence-corrected chi connectivity index (χ4v) is 1.38. The second-order valence-corrected chi connectivity index (χ2v) is 3.44. The molecule has 0 saturated carbocycles. The third-order valence-electron chi connectivity index (χ3n) is 2.28. The van der Waals surface area contributed by atoms with E-state index in [9.17, 15) is 19.6 Å². The molecule has 0 heterocycles. The molecule has 6 nitrogen and oxygen atoms in total. The zero-order valence-corrected chi connectivity index (χ0v) is 8.79. The average molecular weight is 240 g/mol. The summed E-state index contributed by atoms with van der Waals surface area (Å²) in [5.41, 5.74) is -0.549. The molecule has 7 heteroatoms. The summed E-state index contributed by atoms with van der Waals surface area (Å²) in [5, 5.41) is 37.5. The quantitative estimate of drug-likeness (QED) is 0.464. The van der Waals surface area contributed by atoms with Gasteiger partial charge in [-0.2, -0.15) is 9.65 Å². The Balaban J connectivity index is 3.26. The van der Waals surface area contributed by atoms with Crippen molar-refractivity contribution in [2.45, 2.75) is 19.1 Å². The van der Waals surface area contributed by atoms with Crippen molar-refractivity contribution >= 4 is 5.69 Å². The summed E-state index contributed by atoms with van der Waals surface area (Å²) in [7, 11) is 0. The van der Waals surface area contributed by atoms with E-state index in [1.165, 1.54) is 13.0 Å². The van der Waals surface area contributed by atoms with Crippen LogP contribution in [-0.4, -0.2) is 21.2 Å². The lowest BCUT2D eigenvalue weighted by Crippen LogP contribution is -2.17. The highest BCUT2D eigenvalue weighted by Crippen LogP contribution is 2.27. The topological polar surface area (TPSA) is 107 Å². The van der Waals surface area contributed by atoms with Crippen molar-refractivity contribution in [2.75, 3.05) is 0 Å². The number of benzene rings is 1. The number of nitro groups is 1. The second kappa shape index (κ2) is 4.86. The molecule has 17 heavy (non-hydrogen) atoms. The Morgan fingerprint density at radius 1 is 1.53 bits per heavy atom. The summed E-state index contributed by atoms with van der Waals surface area (Å²) >= 11 is 0. The van der Waals surface area contributed by atoms with Crippen molar-refractivity contribution in [2.24, 2.45) is 0 Å². The highest BCUT2D eigenvalue weighted by molar-refractivity contribution is 5.42. The Kier molecular flexibility index (Phi) is 3.73. The van der Waals surface area contributed by atoms with E-state index in [0.717, 1.165) is 12.1 Å². The Labute approximate surface area is 95.7 Å². The molecule has 2 atom stereocenters. The molecule has 1 aromatic rings. The molecule has 0 saturated heterocycles. The van der Waals surface area contributed by atoms with Crippen molar-refractivity contribution in [3.63, 3.8) is 0 Å². The number of nitro benzene ring substituents is 1. The number of nitriles is 1. The van der Waals surface area contributed by atoms with E-state index in [-0.39, 0.29) is 11.1 Å². The van der Waals surface area contributed by atoms with Crippen LogP contribution in [0.2, 0.25) is 0 Å². The Bertz CT molecular complexity index is 498. The maximum absolute atomic E-state index is 13.3. The Morgan fingerprint density at radius 3 is 2.59 bits per heavy atom. The van der Waals surface area contributed by atoms with Crippen LogP contribution in [-0.2, 0) is 0 Å². The fourth-order valence-electron chi connectivity index (χ4n) is 1.38. The van der Waals surface area contributed by atoms with E-state index < -0.39 is 28.6 Å². The first-order valence-electron chi connectivity index (χ1n) is 4.58. The van der Waals surface area contributed by atoms with Gasteiger partial charge in [-0.25, -0.2) is 0 Å². The van der Waals surface area contributed by atoms with Crippen molar-refractivity contribution in [3.05, 3.63) is 39.2 Å². The molecule has 1 aromatic carbocycles. The highest BCUT2D eigenvalue weighted by Gasteiger charge is 2.24. The second-order valence-electron chi connectivity index (χ2n) is 3.44. The maximum Gasteiger partial charge on any atom is 0.305 e. The Morgan fingerprint density at radius 2 is 2.12 bits per heavy atom. The van der Waals surface area contributed by atoms with Crippen LogP contribution in [0.3, 0.4) is 0 Å². The first kappa shape index (κ1) is 13.0. The molecule has 2 unspecified atom stereocenters. The zero-order chi connectivity index (χ0) is 13.2. The van der Waals surface area contributed by atoms with Gasteiger partial charge in [0.25, 0.3) is 0 Å². The predicted octanol–water partition coefficient (Wildman–Crippen LogP) is 0.960. The Hall–Kier alpha value is -2.04. The molecule has 0 fully saturated rings. The van der Waals surface area contributed by atoms with Gasteiger partial charge in [0.1, 0.15) is 6.10 Å². The van der Waals surface area contributed by atoms with Gasteiger partial charge in [-0.15, -0.1) is 0 Å². The minimum absolute atomic E-state index is 0.0536. The lowest BCUT2D eigenvalue weighted by molar-refractivity contribution is -0.387. The molecule has 90 valence electrons. The summed E-state index contributed by atoms with van der Waals surface area (Å²) in [6.45, 7) is 1.41. The fraction of sp³-hybridized carbons (Fsp3) is 0.300. The van der Waals surface area contributed by atoms with Crippen LogP contribution in [0, 0.1) is 34.2 Å². The van der Waals surface area contributed by atoms with E-state index in [1.54, 1.807) is 0 Å². The van der Waals surface area contributed by atoms with Crippen LogP contribution >= 0.6 is 0 Å². The van der Waals surface area contributed by atoms with Gasteiger partial charge in [0.15, 0.2) is 6.10 Å². The molecule has 0 aliphatic heterocycles. The third-order valence-corrected chi connectivity index (χ3v) is 2.28. The lowest BCUT2D eigenvalue weighted by atomic mass is 9.99. The van der Waals surface area contributed by atoms with Gasteiger partial charge >= 0.3 is 5.69 Å². The van der Waals surface area contributed by atoms with Crippen LogP contribution in [0.25, 0.3) is 0 Å². The molecule has 0 aromatic heterocycles. The highest BCUT2D eigenvalue weighted by atomic mass is 19.1. The standard InChI is InChI=1S/C10H9FN2O4/c1-5-2-8(13(16)17)7(11)3-6(5)10(15)9(14)4-12/h2-3,9-10,14-15H,1H3. The largest absolute Gasteiger partial charge is 0.385 e. The molecule has 0 amide bonds. The van der Waals surface area contributed by atoms with Gasteiger partial charge < -0.3 is 10.2 Å². The van der Waals surface area contributed by atoms with E-state index >= 15 is 0 Å². The van der Waals surface area contributed by atoms with Crippen LogP contribution in [0.4, 0.5) is 10.1 Å². The number of rotatable bonds is 3. The molecule has 0 aliphatic rings. The summed E-state index contributed by atoms with van der Waals surface area (Å²) in [5.74, 6) is -1.13. The first-order valence-corrected chi connectivity index (χ1v) is 4.58. The average Bonchev–Trinajstić information content (AvgIpc) is 2.29. The summed E-state index contributed by atoms with van der Waals surface area (Å²) in [4.78, 5) is 9.56. The van der Waals surface area contributed by atoms with Gasteiger partial charge in [0.05, 0.1) is 11.0 Å². The predicted molar refractivity (Wildman–Crippen MR) is 54.4 cm³/mol. The first-order chi connectivity index (χ1) is 7.88. The molecule has 0 bridgehead atoms. The molecule has 0 aliphatic carbocycles. The van der Waals surface area contributed by atoms with E-state index in [1.807, 2.05) is 0 Å². The number of aryl methyl sites for hydroxylation is 1. The molecular weight excluding hydrogens is 231 g/mol. The van der Waals surface area contributed by atoms with Crippen LogP contribution in [0.1, 0.15) is 17.2 Å². The monoisotopic (exact) mass is 240 g/mol. The van der Waals surface area contributed by atoms with E-state index in [2.05, 4.69) is 0 Å². The van der Waals surface area contributed by atoms with E-state index in [4.69, 9.17) is 10.4 Å². The number of nitrogens with zero attached hydrogens (tertiary/aromatic N) is 2. The van der Waals surface area contributed by atoms with Gasteiger partial charge in [-0.05, 0) is 24.1 Å². The van der Waals surface area contributed by atoms with Crippen LogP contribution < -0.4 is 0 Å². The van der Waals surface area contributed by atoms with Gasteiger partial charge in [-0.3, -0.25) is 10.1 Å². The summed E-state index contributed by atoms with van der Waals surface area (Å²) in [6.07, 6.45) is -3.31. The number of hydrogen-bond acceptors (Lipinski definition) is 5. The number of aliphatic hydroxyl groups excluding tert-OH is 2. The van der Waals surface area contributed by atoms with Crippen molar-refractivity contribution in [1.82, 2.24) is 0 Å². The smallest absolute Gasteiger partial charge is 0.305 e. The minimum Gasteiger partial charge on any atom is -0.385 e. The molecule has 0 spiro atoms. The van der Waals surface area contributed by atoms with Gasteiger partial charge in [-0.1, -0.05) is 0 Å². The van der Waals surface area contributed by atoms with Crippen molar-refractivity contribution < 1.29 is 19.5 Å². The normalized spacial score (nSPS) is 13.8. The molecule has 1 rings (SSSR count). The molecular formula is C10H9FN2O4. The maximum atomic E-state index is 13.3. The van der Waals surface area contributed by atoms with Gasteiger partial charge in [0.2, 0.25) is 5.82 Å². The van der Waals surface area contributed by atoms with Crippen LogP contribution in [0.15, 0.2) is 12.1 Å². The van der Waals surface area contributed by atoms with E-state index in [0.29, 0.717) is 0 Å².